The largest absolute Gasteiger partial charge is 0.418 e. The number of halogens is 3. The van der Waals surface area contributed by atoms with Crippen molar-refractivity contribution in [3.8, 4) is 0 Å². The number of anilines is 1. The molecule has 1 aromatic carbocycles. The summed E-state index contributed by atoms with van der Waals surface area (Å²) in [5.41, 5.74) is 8.93. The van der Waals surface area contributed by atoms with Crippen LogP contribution in [0.5, 0.6) is 0 Å². The first kappa shape index (κ1) is 14.7. The monoisotopic (exact) mass is 264 g/mol. The van der Waals surface area contributed by atoms with Crippen molar-refractivity contribution in [3.63, 3.8) is 0 Å². The molecule has 6 N–H and O–H groups in total. The van der Waals surface area contributed by atoms with Gasteiger partial charge in [0.05, 0.1) is 11.7 Å². The zero-order valence-electron chi connectivity index (χ0n) is 9.48. The molecule has 1 rings (SSSR count). The van der Waals surface area contributed by atoms with Gasteiger partial charge in [0, 0.05) is 5.69 Å². The first-order chi connectivity index (χ1) is 8.27. The third kappa shape index (κ3) is 3.34. The van der Waals surface area contributed by atoms with Gasteiger partial charge < -0.3 is 21.7 Å². The van der Waals surface area contributed by atoms with Crippen molar-refractivity contribution in [2.45, 2.75) is 24.8 Å². The number of aliphatic hydroxyl groups is 2. The van der Waals surface area contributed by atoms with Crippen LogP contribution in [0, 0.1) is 0 Å². The van der Waals surface area contributed by atoms with E-state index in [9.17, 15) is 23.4 Å². The molecule has 102 valence electrons. The van der Waals surface area contributed by atoms with Crippen LogP contribution in [-0.2, 0) is 6.18 Å². The van der Waals surface area contributed by atoms with E-state index in [4.69, 9.17) is 11.5 Å². The van der Waals surface area contributed by atoms with E-state index in [-0.39, 0.29) is 18.5 Å². The minimum atomic E-state index is -4.60. The van der Waals surface area contributed by atoms with Gasteiger partial charge in [-0.25, -0.2) is 0 Å². The van der Waals surface area contributed by atoms with E-state index in [1.165, 1.54) is 6.07 Å². The molecule has 0 bridgehead atoms. The van der Waals surface area contributed by atoms with E-state index in [1.807, 2.05) is 0 Å². The summed E-state index contributed by atoms with van der Waals surface area (Å²) in [4.78, 5) is 0. The fraction of sp³-hybridized carbons (Fsp3) is 0.455. The minimum Gasteiger partial charge on any atom is -0.398 e. The molecule has 0 saturated heterocycles. The van der Waals surface area contributed by atoms with E-state index < -0.39 is 29.6 Å². The number of rotatable bonds is 4. The van der Waals surface area contributed by atoms with Crippen molar-refractivity contribution in [3.05, 3.63) is 29.3 Å². The number of nitrogens with two attached hydrogens (primary N) is 2. The Labute approximate surface area is 102 Å². The summed E-state index contributed by atoms with van der Waals surface area (Å²) < 4.78 is 37.8. The number of aliphatic hydroxyl groups excluding tert-OH is 2. The van der Waals surface area contributed by atoms with Crippen molar-refractivity contribution < 1.29 is 23.4 Å². The molecule has 7 heteroatoms. The Kier molecular flexibility index (Phi) is 4.55. The lowest BCUT2D eigenvalue weighted by Crippen LogP contribution is -2.22. The number of alkyl halides is 3. The Morgan fingerprint density at radius 3 is 2.33 bits per heavy atom. The summed E-state index contributed by atoms with van der Waals surface area (Å²) in [5.74, 6) is 0. The molecular formula is C11H15F3N2O2. The van der Waals surface area contributed by atoms with Crippen LogP contribution in [0.1, 0.15) is 23.7 Å². The van der Waals surface area contributed by atoms with E-state index in [0.717, 1.165) is 12.1 Å². The maximum atomic E-state index is 12.6. The predicted molar refractivity (Wildman–Crippen MR) is 60.5 cm³/mol. The zero-order valence-corrected chi connectivity index (χ0v) is 9.48. The number of benzene rings is 1. The topological polar surface area (TPSA) is 92.5 Å². The molecule has 0 amide bonds. The zero-order chi connectivity index (χ0) is 13.9. The van der Waals surface area contributed by atoms with E-state index in [2.05, 4.69) is 0 Å². The maximum Gasteiger partial charge on any atom is 0.418 e. The second-order valence-electron chi connectivity index (χ2n) is 3.93. The molecule has 0 fully saturated rings. The van der Waals surface area contributed by atoms with Crippen LogP contribution in [-0.4, -0.2) is 22.9 Å². The molecule has 1 aromatic rings. The average Bonchev–Trinajstić information content (AvgIpc) is 2.27. The second kappa shape index (κ2) is 5.55. The normalized spacial score (nSPS) is 15.4. The van der Waals surface area contributed by atoms with Crippen LogP contribution < -0.4 is 11.5 Å². The smallest absolute Gasteiger partial charge is 0.398 e. The molecule has 18 heavy (non-hydrogen) atoms. The van der Waals surface area contributed by atoms with E-state index >= 15 is 0 Å². The van der Waals surface area contributed by atoms with Gasteiger partial charge in [-0.2, -0.15) is 13.2 Å². The van der Waals surface area contributed by atoms with Crippen LogP contribution in [0.25, 0.3) is 0 Å². The summed E-state index contributed by atoms with van der Waals surface area (Å²) >= 11 is 0. The van der Waals surface area contributed by atoms with Crippen molar-refractivity contribution in [1.29, 1.82) is 0 Å². The van der Waals surface area contributed by atoms with Crippen LogP contribution in [0.3, 0.4) is 0 Å². The van der Waals surface area contributed by atoms with Crippen molar-refractivity contribution in [2.75, 3.05) is 12.3 Å². The predicted octanol–water partition coefficient (Wildman–Crippen LogP) is 1.03. The van der Waals surface area contributed by atoms with Crippen LogP contribution in [0.15, 0.2) is 18.2 Å². The lowest BCUT2D eigenvalue weighted by molar-refractivity contribution is -0.137. The van der Waals surface area contributed by atoms with Gasteiger partial charge in [-0.3, -0.25) is 0 Å². The maximum absolute atomic E-state index is 12.6. The van der Waals surface area contributed by atoms with Gasteiger partial charge in [0.2, 0.25) is 0 Å². The Balaban J connectivity index is 3.05. The molecule has 2 atom stereocenters. The molecule has 2 unspecified atom stereocenters. The Morgan fingerprint density at radius 1 is 1.22 bits per heavy atom. The minimum absolute atomic E-state index is 0.0440. The number of nitrogen functional groups attached to an aromatic ring is 1. The highest BCUT2D eigenvalue weighted by Crippen LogP contribution is 2.35. The second-order valence-corrected chi connectivity index (χ2v) is 3.93. The Morgan fingerprint density at radius 2 is 1.83 bits per heavy atom. The summed E-state index contributed by atoms with van der Waals surface area (Å²) in [6, 6.07) is 3.03. The number of hydrogen-bond acceptors (Lipinski definition) is 4. The fourth-order valence-electron chi connectivity index (χ4n) is 1.55. The molecule has 0 aliphatic heterocycles. The summed E-state index contributed by atoms with van der Waals surface area (Å²) in [6.07, 6.45) is -7.14. The molecule has 0 aliphatic rings. The molecular weight excluding hydrogens is 249 g/mol. The van der Waals surface area contributed by atoms with Crippen molar-refractivity contribution in [1.82, 2.24) is 0 Å². The van der Waals surface area contributed by atoms with E-state index in [0.29, 0.717) is 0 Å². The lowest BCUT2D eigenvalue weighted by atomic mass is 9.99. The van der Waals surface area contributed by atoms with Crippen molar-refractivity contribution in [2.24, 2.45) is 5.73 Å². The first-order valence-corrected chi connectivity index (χ1v) is 5.30. The summed E-state index contributed by atoms with van der Waals surface area (Å²) in [6.45, 7) is 0.124. The first-order valence-electron chi connectivity index (χ1n) is 5.30. The third-order valence-corrected chi connectivity index (χ3v) is 2.55. The Hall–Kier alpha value is -1.31. The van der Waals surface area contributed by atoms with Crippen LogP contribution in [0.2, 0.25) is 0 Å². The van der Waals surface area contributed by atoms with Gasteiger partial charge in [-0.1, -0.05) is 6.07 Å². The summed E-state index contributed by atoms with van der Waals surface area (Å²) in [5, 5.41) is 19.2. The quantitative estimate of drug-likeness (QED) is 0.611. The summed E-state index contributed by atoms with van der Waals surface area (Å²) in [7, 11) is 0. The SMILES string of the molecule is NCCC(O)C(O)c1ccc(N)c(C(F)(F)F)c1. The molecule has 0 spiro atoms. The molecule has 0 aliphatic carbocycles. The highest BCUT2D eigenvalue weighted by atomic mass is 19.4. The van der Waals surface area contributed by atoms with Gasteiger partial charge >= 0.3 is 6.18 Å². The van der Waals surface area contributed by atoms with Crippen molar-refractivity contribution >= 4 is 5.69 Å². The van der Waals surface area contributed by atoms with Gasteiger partial charge in [0.25, 0.3) is 0 Å². The molecule has 4 nitrogen and oxygen atoms in total. The third-order valence-electron chi connectivity index (χ3n) is 2.55. The molecule has 0 radical (unpaired) electrons. The molecule has 0 saturated carbocycles. The van der Waals surface area contributed by atoms with Gasteiger partial charge in [-0.05, 0) is 30.7 Å². The number of hydrogen-bond donors (Lipinski definition) is 4. The van der Waals surface area contributed by atoms with Crippen LogP contribution in [0.4, 0.5) is 18.9 Å². The standard InChI is InChI=1S/C11H15F3N2O2/c12-11(13,14)7-5-6(1-2-8(7)16)10(18)9(17)3-4-15/h1-2,5,9-10,17-18H,3-4,15-16H2. The molecule has 0 heterocycles. The van der Waals surface area contributed by atoms with Gasteiger partial charge in [0.1, 0.15) is 6.10 Å². The van der Waals surface area contributed by atoms with Gasteiger partial charge in [-0.15, -0.1) is 0 Å². The highest BCUT2D eigenvalue weighted by molar-refractivity contribution is 5.50. The molecule has 0 aromatic heterocycles. The van der Waals surface area contributed by atoms with Crippen LogP contribution >= 0.6 is 0 Å². The van der Waals surface area contributed by atoms with E-state index in [1.54, 1.807) is 0 Å². The highest BCUT2D eigenvalue weighted by Gasteiger charge is 2.34. The Bertz CT molecular complexity index is 410. The average molecular weight is 264 g/mol. The fourth-order valence-corrected chi connectivity index (χ4v) is 1.55. The van der Waals surface area contributed by atoms with Gasteiger partial charge in [0.15, 0.2) is 0 Å². The lowest BCUT2D eigenvalue weighted by Gasteiger charge is -2.19.